The van der Waals surface area contributed by atoms with Gasteiger partial charge in [0, 0.05) is 24.5 Å². The van der Waals surface area contributed by atoms with Gasteiger partial charge in [0.15, 0.2) is 0 Å². The number of nitrogens with one attached hydrogen (secondary N) is 2. The molecule has 0 aliphatic heterocycles. The summed E-state index contributed by atoms with van der Waals surface area (Å²) in [6, 6.07) is 0.516. The third kappa shape index (κ3) is 5.23. The molecular weight excluding hydrogens is 206 g/mol. The van der Waals surface area contributed by atoms with Gasteiger partial charge in [0.1, 0.15) is 5.82 Å². The first kappa shape index (κ1) is 12.6. The zero-order valence-electron chi connectivity index (χ0n) is 10.0. The monoisotopic (exact) mass is 227 g/mol. The Hall–Kier alpha value is -0.480. The van der Waals surface area contributed by atoms with Gasteiger partial charge in [-0.1, -0.05) is 27.7 Å². The minimum absolute atomic E-state index is 0.516. The van der Waals surface area contributed by atoms with Crippen molar-refractivity contribution in [3.05, 3.63) is 17.7 Å². The molecule has 0 radical (unpaired) electrons. The maximum Gasteiger partial charge on any atom is 0.116 e. The normalized spacial score (nSPS) is 11.6. The first-order valence-corrected chi connectivity index (χ1v) is 6.50. The fourth-order valence-electron chi connectivity index (χ4n) is 1.13. The summed E-state index contributed by atoms with van der Waals surface area (Å²) in [6.07, 6.45) is 1.92. The summed E-state index contributed by atoms with van der Waals surface area (Å²) in [5, 5.41) is 4.02. The molecule has 0 saturated heterocycles. The first-order chi connectivity index (χ1) is 7.08. The average molecular weight is 227 g/mol. The van der Waals surface area contributed by atoms with E-state index >= 15 is 0 Å². The molecule has 0 fully saturated rings. The van der Waals surface area contributed by atoms with Gasteiger partial charge in [0.05, 0.1) is 5.75 Å². The van der Waals surface area contributed by atoms with E-state index in [1.165, 1.54) is 5.69 Å². The van der Waals surface area contributed by atoms with Gasteiger partial charge >= 0.3 is 0 Å². The van der Waals surface area contributed by atoms with Crippen LogP contribution in [0, 0.1) is 0 Å². The van der Waals surface area contributed by atoms with Gasteiger partial charge in [-0.15, -0.1) is 0 Å². The highest BCUT2D eigenvalue weighted by atomic mass is 32.2. The summed E-state index contributed by atoms with van der Waals surface area (Å²) in [6.45, 7) is 9.57. The second-order valence-electron chi connectivity index (χ2n) is 4.25. The van der Waals surface area contributed by atoms with Crippen LogP contribution in [-0.4, -0.2) is 21.3 Å². The lowest BCUT2D eigenvalue weighted by Crippen LogP contribution is -2.21. The molecule has 15 heavy (non-hydrogen) atoms. The Labute approximate surface area is 96.5 Å². The molecule has 0 aliphatic rings. The molecule has 0 saturated carbocycles. The van der Waals surface area contributed by atoms with Crippen molar-refractivity contribution >= 4 is 11.8 Å². The van der Waals surface area contributed by atoms with Crippen molar-refractivity contribution in [1.82, 2.24) is 15.3 Å². The molecule has 0 spiro atoms. The van der Waals surface area contributed by atoms with Crippen LogP contribution < -0.4 is 5.32 Å². The fourth-order valence-corrected chi connectivity index (χ4v) is 1.77. The van der Waals surface area contributed by atoms with Crippen molar-refractivity contribution in [3.8, 4) is 0 Å². The summed E-state index contributed by atoms with van der Waals surface area (Å²) in [5.74, 6) is 2.05. The third-order valence-corrected chi connectivity index (χ3v) is 3.04. The Morgan fingerprint density at radius 3 is 2.73 bits per heavy atom. The molecule has 1 aromatic rings. The summed E-state index contributed by atoms with van der Waals surface area (Å²) >= 11 is 1.91. The molecule has 0 aromatic carbocycles. The molecule has 0 unspecified atom stereocenters. The minimum Gasteiger partial charge on any atom is -0.344 e. The number of hydrogen-bond acceptors (Lipinski definition) is 3. The maximum atomic E-state index is 4.35. The van der Waals surface area contributed by atoms with Crippen LogP contribution >= 0.6 is 11.8 Å². The molecule has 4 heteroatoms. The van der Waals surface area contributed by atoms with Crippen LogP contribution in [0.3, 0.4) is 0 Å². The van der Waals surface area contributed by atoms with Crippen molar-refractivity contribution < 1.29 is 0 Å². The predicted molar refractivity (Wildman–Crippen MR) is 67.0 cm³/mol. The highest BCUT2D eigenvalue weighted by molar-refractivity contribution is 7.99. The Balaban J connectivity index is 2.35. The van der Waals surface area contributed by atoms with Crippen LogP contribution in [0.5, 0.6) is 0 Å². The number of imidazole rings is 1. The molecule has 0 bridgehead atoms. The van der Waals surface area contributed by atoms with Gasteiger partial charge in [0.2, 0.25) is 0 Å². The third-order valence-electron chi connectivity index (χ3n) is 1.94. The lowest BCUT2D eigenvalue weighted by Gasteiger charge is -2.05. The number of hydrogen-bond donors (Lipinski definition) is 2. The van der Waals surface area contributed by atoms with E-state index in [0.717, 1.165) is 18.1 Å². The zero-order chi connectivity index (χ0) is 11.3. The van der Waals surface area contributed by atoms with Gasteiger partial charge in [-0.2, -0.15) is 11.8 Å². The highest BCUT2D eigenvalue weighted by Crippen LogP contribution is 2.14. The van der Waals surface area contributed by atoms with Crippen LogP contribution in [0.25, 0.3) is 0 Å². The Morgan fingerprint density at radius 1 is 1.40 bits per heavy atom. The second kappa shape index (κ2) is 6.18. The molecule has 1 aromatic heterocycles. The average Bonchev–Trinajstić information content (AvgIpc) is 2.59. The van der Waals surface area contributed by atoms with E-state index in [1.807, 2.05) is 18.0 Å². The molecule has 86 valence electrons. The van der Waals surface area contributed by atoms with E-state index < -0.39 is 0 Å². The maximum absolute atomic E-state index is 4.35. The van der Waals surface area contributed by atoms with Crippen LogP contribution in [0.1, 0.15) is 39.2 Å². The number of aromatic amines is 1. The van der Waals surface area contributed by atoms with Crippen molar-refractivity contribution in [1.29, 1.82) is 0 Å². The van der Waals surface area contributed by atoms with Gasteiger partial charge in [-0.05, 0) is 5.25 Å². The van der Waals surface area contributed by atoms with E-state index in [-0.39, 0.29) is 0 Å². The van der Waals surface area contributed by atoms with E-state index in [0.29, 0.717) is 11.3 Å². The molecule has 0 atom stereocenters. The second-order valence-corrected chi connectivity index (χ2v) is 5.82. The highest BCUT2D eigenvalue weighted by Gasteiger charge is 2.02. The predicted octanol–water partition coefficient (Wildman–Crippen LogP) is 2.55. The molecule has 0 amide bonds. The van der Waals surface area contributed by atoms with E-state index in [9.17, 15) is 0 Å². The summed E-state index contributed by atoms with van der Waals surface area (Å²) in [5.41, 5.74) is 1.17. The SMILES string of the molecule is CC(C)NCc1cnc(CSC(C)C)[nH]1. The summed E-state index contributed by atoms with van der Waals surface area (Å²) in [4.78, 5) is 7.68. The largest absolute Gasteiger partial charge is 0.344 e. The van der Waals surface area contributed by atoms with Crippen molar-refractivity contribution in [2.45, 2.75) is 51.3 Å². The van der Waals surface area contributed by atoms with Crippen LogP contribution in [0.4, 0.5) is 0 Å². The topological polar surface area (TPSA) is 40.7 Å². The van der Waals surface area contributed by atoms with Gasteiger partial charge < -0.3 is 10.3 Å². The van der Waals surface area contributed by atoms with Crippen molar-refractivity contribution in [3.63, 3.8) is 0 Å². The number of H-pyrrole nitrogens is 1. The smallest absolute Gasteiger partial charge is 0.116 e. The molecule has 2 N–H and O–H groups in total. The minimum atomic E-state index is 0.516. The molecule has 0 aliphatic carbocycles. The van der Waals surface area contributed by atoms with E-state index in [2.05, 4.69) is 43.0 Å². The molecular formula is C11H21N3S. The van der Waals surface area contributed by atoms with Gasteiger partial charge in [-0.3, -0.25) is 0 Å². The number of nitrogens with zero attached hydrogens (tertiary/aromatic N) is 1. The summed E-state index contributed by atoms with van der Waals surface area (Å²) < 4.78 is 0. The van der Waals surface area contributed by atoms with Crippen LogP contribution in [0.2, 0.25) is 0 Å². The Bertz CT molecular complexity index is 255. The zero-order valence-corrected chi connectivity index (χ0v) is 10.8. The lowest BCUT2D eigenvalue weighted by atomic mass is 10.4. The quantitative estimate of drug-likeness (QED) is 0.784. The number of aromatic nitrogens is 2. The molecule has 3 nitrogen and oxygen atoms in total. The number of rotatable bonds is 6. The lowest BCUT2D eigenvalue weighted by molar-refractivity contribution is 0.582. The number of thioether (sulfide) groups is 1. The van der Waals surface area contributed by atoms with Gasteiger partial charge in [-0.25, -0.2) is 4.98 Å². The Morgan fingerprint density at radius 2 is 2.13 bits per heavy atom. The van der Waals surface area contributed by atoms with Crippen LogP contribution in [-0.2, 0) is 12.3 Å². The standard InChI is InChI=1S/C11H21N3S/c1-8(2)12-5-10-6-13-11(14-10)7-15-9(3)4/h6,8-9,12H,5,7H2,1-4H3,(H,13,14). The van der Waals surface area contributed by atoms with Crippen molar-refractivity contribution in [2.75, 3.05) is 0 Å². The van der Waals surface area contributed by atoms with Crippen LogP contribution in [0.15, 0.2) is 6.20 Å². The summed E-state index contributed by atoms with van der Waals surface area (Å²) in [7, 11) is 0. The molecule has 1 rings (SSSR count). The van der Waals surface area contributed by atoms with Gasteiger partial charge in [0.25, 0.3) is 0 Å². The fraction of sp³-hybridized carbons (Fsp3) is 0.727. The van der Waals surface area contributed by atoms with E-state index in [4.69, 9.17) is 0 Å². The van der Waals surface area contributed by atoms with E-state index in [1.54, 1.807) is 0 Å². The Kier molecular flexibility index (Phi) is 5.19. The van der Waals surface area contributed by atoms with Crippen molar-refractivity contribution in [2.24, 2.45) is 0 Å². The first-order valence-electron chi connectivity index (χ1n) is 5.45. The molecule has 1 heterocycles.